The Labute approximate surface area is 149 Å². The summed E-state index contributed by atoms with van der Waals surface area (Å²) in [5.41, 5.74) is 6.25. The normalized spacial score (nSPS) is 16.0. The van der Waals surface area contributed by atoms with Gasteiger partial charge in [-0.25, -0.2) is 4.40 Å². The molecule has 0 aromatic heterocycles. The third-order valence-electron chi connectivity index (χ3n) is 4.81. The molecule has 0 bridgehead atoms. The Bertz CT molecular complexity index is 778. The lowest BCUT2D eigenvalue weighted by Gasteiger charge is -2.35. The summed E-state index contributed by atoms with van der Waals surface area (Å²) in [6, 6.07) is 10.2. The Balaban J connectivity index is 1.92. The van der Waals surface area contributed by atoms with Crippen molar-refractivity contribution in [2.75, 3.05) is 0 Å². The topological polar surface area (TPSA) is 21.6 Å². The van der Waals surface area contributed by atoms with E-state index in [0.717, 1.165) is 24.2 Å². The van der Waals surface area contributed by atoms with Crippen molar-refractivity contribution in [2.45, 2.75) is 58.0 Å². The molecule has 0 atom stereocenters. The maximum atomic E-state index is 6.29. The van der Waals surface area contributed by atoms with Crippen molar-refractivity contribution in [1.29, 1.82) is 0 Å². The highest BCUT2D eigenvalue weighted by molar-refractivity contribution is 7.98. The third kappa shape index (κ3) is 3.36. The molecule has 3 rings (SSSR count). The molecule has 0 fully saturated rings. The van der Waals surface area contributed by atoms with E-state index in [9.17, 15) is 0 Å². The smallest absolute Gasteiger partial charge is 0.126 e. The SMILES string of the molecule is Cc1c(C)c(S/N=C/c2ccccc2)c(C)c2c1OC(C)(C)CC2. The van der Waals surface area contributed by atoms with E-state index >= 15 is 0 Å². The number of nitrogens with zero attached hydrogens (tertiary/aromatic N) is 1. The minimum absolute atomic E-state index is 0.0727. The van der Waals surface area contributed by atoms with Crippen LogP contribution in [0.1, 0.15) is 48.1 Å². The number of hydrogen-bond acceptors (Lipinski definition) is 3. The zero-order valence-electron chi connectivity index (χ0n) is 15.1. The monoisotopic (exact) mass is 339 g/mol. The van der Waals surface area contributed by atoms with Gasteiger partial charge in [-0.05, 0) is 75.3 Å². The highest BCUT2D eigenvalue weighted by Crippen LogP contribution is 2.43. The van der Waals surface area contributed by atoms with Gasteiger partial charge in [0.15, 0.2) is 0 Å². The molecule has 0 saturated carbocycles. The van der Waals surface area contributed by atoms with E-state index in [2.05, 4.69) is 51.1 Å². The van der Waals surface area contributed by atoms with Crippen molar-refractivity contribution in [3.8, 4) is 5.75 Å². The highest BCUT2D eigenvalue weighted by Gasteiger charge is 2.30. The average molecular weight is 340 g/mol. The fourth-order valence-corrected chi connectivity index (χ4v) is 3.99. The van der Waals surface area contributed by atoms with E-state index in [1.54, 1.807) is 11.9 Å². The predicted molar refractivity (Wildman–Crippen MR) is 104 cm³/mol. The predicted octanol–water partition coefficient (Wildman–Crippen LogP) is 5.84. The number of rotatable bonds is 3. The van der Waals surface area contributed by atoms with Crippen molar-refractivity contribution in [3.05, 3.63) is 58.1 Å². The summed E-state index contributed by atoms with van der Waals surface area (Å²) in [5.74, 6) is 1.10. The molecule has 3 heteroatoms. The molecule has 2 aromatic rings. The summed E-state index contributed by atoms with van der Waals surface area (Å²) in [6.45, 7) is 10.9. The van der Waals surface area contributed by atoms with Crippen molar-refractivity contribution in [1.82, 2.24) is 0 Å². The van der Waals surface area contributed by atoms with Gasteiger partial charge < -0.3 is 4.74 Å². The number of benzene rings is 2. The molecule has 126 valence electrons. The number of hydrogen-bond donors (Lipinski definition) is 0. The van der Waals surface area contributed by atoms with Crippen LogP contribution in [0.25, 0.3) is 0 Å². The van der Waals surface area contributed by atoms with Crippen LogP contribution in [-0.2, 0) is 6.42 Å². The highest BCUT2D eigenvalue weighted by atomic mass is 32.2. The van der Waals surface area contributed by atoms with Crippen molar-refractivity contribution < 1.29 is 4.74 Å². The Morgan fingerprint density at radius 2 is 1.75 bits per heavy atom. The van der Waals surface area contributed by atoms with Crippen molar-refractivity contribution in [2.24, 2.45) is 4.40 Å². The molecular weight excluding hydrogens is 314 g/mol. The fraction of sp³-hybridized carbons (Fsp3) is 0.381. The van der Waals surface area contributed by atoms with E-state index < -0.39 is 0 Å². The maximum Gasteiger partial charge on any atom is 0.126 e. The van der Waals surface area contributed by atoms with Crippen molar-refractivity contribution in [3.63, 3.8) is 0 Å². The van der Waals surface area contributed by atoms with Gasteiger partial charge in [-0.3, -0.25) is 0 Å². The molecule has 0 aliphatic carbocycles. The molecule has 24 heavy (non-hydrogen) atoms. The first-order valence-corrected chi connectivity index (χ1v) is 9.23. The van der Waals surface area contributed by atoms with Crippen LogP contribution in [0.5, 0.6) is 5.75 Å². The van der Waals surface area contributed by atoms with E-state index in [0.29, 0.717) is 0 Å². The van der Waals surface area contributed by atoms with Gasteiger partial charge in [0.25, 0.3) is 0 Å². The third-order valence-corrected chi connectivity index (χ3v) is 5.82. The molecule has 0 radical (unpaired) electrons. The second kappa shape index (κ2) is 6.64. The van der Waals surface area contributed by atoms with E-state index in [4.69, 9.17) is 4.74 Å². The minimum Gasteiger partial charge on any atom is -0.487 e. The Morgan fingerprint density at radius 3 is 2.46 bits per heavy atom. The largest absolute Gasteiger partial charge is 0.487 e. The second-order valence-corrected chi connectivity index (χ2v) is 7.91. The molecule has 0 saturated heterocycles. The van der Waals surface area contributed by atoms with Gasteiger partial charge >= 0.3 is 0 Å². The summed E-state index contributed by atoms with van der Waals surface area (Å²) < 4.78 is 10.9. The average Bonchev–Trinajstić information content (AvgIpc) is 2.56. The molecule has 1 aliphatic rings. The number of ether oxygens (including phenoxy) is 1. The number of fused-ring (bicyclic) bond motifs is 1. The van der Waals surface area contributed by atoms with Crippen LogP contribution in [0.2, 0.25) is 0 Å². The van der Waals surface area contributed by atoms with Crippen LogP contribution >= 0.6 is 11.9 Å². The van der Waals surface area contributed by atoms with Crippen LogP contribution in [-0.4, -0.2) is 11.8 Å². The van der Waals surface area contributed by atoms with Crippen LogP contribution in [0.4, 0.5) is 0 Å². The minimum atomic E-state index is -0.0727. The van der Waals surface area contributed by atoms with E-state index in [1.165, 1.54) is 27.1 Å². The molecule has 2 aromatic carbocycles. The lowest BCUT2D eigenvalue weighted by atomic mass is 9.88. The van der Waals surface area contributed by atoms with Gasteiger partial charge in [0.1, 0.15) is 11.4 Å². The Hall–Kier alpha value is -1.74. The summed E-state index contributed by atoms with van der Waals surface area (Å²) in [5, 5.41) is 0. The lowest BCUT2D eigenvalue weighted by molar-refractivity contribution is 0.0832. The Kier molecular flexibility index (Phi) is 4.73. The first-order valence-electron chi connectivity index (χ1n) is 8.46. The molecule has 0 N–H and O–H groups in total. The molecule has 1 aliphatic heterocycles. The van der Waals surface area contributed by atoms with E-state index in [-0.39, 0.29) is 5.60 Å². The molecule has 2 nitrogen and oxygen atoms in total. The molecule has 0 spiro atoms. The van der Waals surface area contributed by atoms with Crippen LogP contribution < -0.4 is 4.74 Å². The van der Waals surface area contributed by atoms with Gasteiger partial charge in [0.2, 0.25) is 0 Å². The second-order valence-electron chi connectivity index (χ2n) is 7.11. The Morgan fingerprint density at radius 1 is 1.04 bits per heavy atom. The maximum absolute atomic E-state index is 6.29. The van der Waals surface area contributed by atoms with Gasteiger partial charge in [0, 0.05) is 23.1 Å². The standard InChI is InChI=1S/C21H25NOS/c1-14-15(2)20(24-22-13-17-9-7-6-8-10-17)16(3)18-11-12-21(4,5)23-19(14)18/h6-10,13H,11-12H2,1-5H3/b22-13+. The van der Waals surface area contributed by atoms with Gasteiger partial charge in [-0.15, -0.1) is 0 Å². The van der Waals surface area contributed by atoms with Crippen LogP contribution in [0.3, 0.4) is 0 Å². The summed E-state index contributed by atoms with van der Waals surface area (Å²) in [4.78, 5) is 1.27. The molecular formula is C21H25NOS. The quantitative estimate of drug-likeness (QED) is 0.517. The zero-order chi connectivity index (χ0) is 17.3. The molecule has 0 unspecified atom stereocenters. The summed E-state index contributed by atoms with van der Waals surface area (Å²) in [7, 11) is 0. The van der Waals surface area contributed by atoms with Crippen LogP contribution in [0, 0.1) is 20.8 Å². The van der Waals surface area contributed by atoms with Crippen molar-refractivity contribution >= 4 is 18.2 Å². The van der Waals surface area contributed by atoms with Crippen LogP contribution in [0.15, 0.2) is 39.6 Å². The fourth-order valence-electron chi connectivity index (χ4n) is 3.16. The lowest BCUT2D eigenvalue weighted by Crippen LogP contribution is -2.33. The van der Waals surface area contributed by atoms with Gasteiger partial charge in [0.05, 0.1) is 0 Å². The van der Waals surface area contributed by atoms with Gasteiger partial charge in [-0.2, -0.15) is 0 Å². The van der Waals surface area contributed by atoms with Gasteiger partial charge in [-0.1, -0.05) is 30.3 Å². The molecule has 0 amide bonds. The first kappa shape index (κ1) is 17.1. The first-order chi connectivity index (χ1) is 11.4. The summed E-state index contributed by atoms with van der Waals surface area (Å²) in [6.07, 6.45) is 4.06. The zero-order valence-corrected chi connectivity index (χ0v) is 16.0. The van der Waals surface area contributed by atoms with E-state index in [1.807, 2.05) is 24.4 Å². The summed E-state index contributed by atoms with van der Waals surface area (Å²) >= 11 is 1.57. The molecule has 1 heterocycles.